The van der Waals surface area contributed by atoms with E-state index in [1.165, 1.54) is 17.3 Å². The van der Waals surface area contributed by atoms with Crippen molar-refractivity contribution in [1.29, 1.82) is 0 Å². The highest BCUT2D eigenvalue weighted by Crippen LogP contribution is 2.31. The molecule has 3 heterocycles. The number of para-hydroxylation sites is 1. The van der Waals surface area contributed by atoms with E-state index in [2.05, 4.69) is 68.4 Å². The van der Waals surface area contributed by atoms with Crippen LogP contribution in [0.15, 0.2) is 59.9 Å². The molecule has 5 rings (SSSR count). The molecular weight excluding hydrogens is 458 g/mol. The summed E-state index contributed by atoms with van der Waals surface area (Å²) >= 11 is 1.42. The molecule has 0 spiro atoms. The summed E-state index contributed by atoms with van der Waals surface area (Å²) in [4.78, 5) is 16.1. The van der Waals surface area contributed by atoms with Crippen LogP contribution in [0.3, 0.4) is 0 Å². The van der Waals surface area contributed by atoms with Crippen LogP contribution in [0.25, 0.3) is 22.3 Å². The van der Waals surface area contributed by atoms with Crippen molar-refractivity contribution in [3.05, 3.63) is 65.9 Å². The molecule has 1 saturated heterocycles. The van der Waals surface area contributed by atoms with Gasteiger partial charge in [0.1, 0.15) is 0 Å². The molecule has 35 heavy (non-hydrogen) atoms. The lowest BCUT2D eigenvalue weighted by atomic mass is 10.1. The molecular formula is C27H31N5O2S. The quantitative estimate of drug-likeness (QED) is 0.318. The van der Waals surface area contributed by atoms with Crippen LogP contribution in [0, 0.1) is 0 Å². The van der Waals surface area contributed by atoms with Gasteiger partial charge in [0.2, 0.25) is 5.91 Å². The minimum absolute atomic E-state index is 0.0256. The van der Waals surface area contributed by atoms with Gasteiger partial charge in [-0.15, -0.1) is 10.2 Å². The Balaban J connectivity index is 1.32. The smallest absolute Gasteiger partial charge is 0.230 e. The number of nitrogens with zero attached hydrogens (tertiary/aromatic N) is 3. The van der Waals surface area contributed by atoms with Gasteiger partial charge < -0.3 is 15.0 Å². The van der Waals surface area contributed by atoms with Crippen molar-refractivity contribution in [1.82, 2.24) is 25.1 Å². The fraction of sp³-hybridized carbons (Fsp3) is 0.370. The average Bonchev–Trinajstić information content (AvgIpc) is 3.63. The maximum atomic E-state index is 12.8. The first-order valence-electron chi connectivity index (χ1n) is 12.2. The van der Waals surface area contributed by atoms with E-state index in [1.54, 1.807) is 0 Å². The van der Waals surface area contributed by atoms with E-state index in [9.17, 15) is 4.79 Å². The number of H-pyrrole nitrogens is 1. The van der Waals surface area contributed by atoms with Gasteiger partial charge in [0, 0.05) is 29.3 Å². The predicted molar refractivity (Wildman–Crippen MR) is 139 cm³/mol. The van der Waals surface area contributed by atoms with Crippen LogP contribution in [0.4, 0.5) is 0 Å². The normalized spacial score (nSPS) is 16.6. The van der Waals surface area contributed by atoms with Crippen LogP contribution < -0.4 is 5.32 Å². The summed E-state index contributed by atoms with van der Waals surface area (Å²) in [5.41, 5.74) is 4.46. The van der Waals surface area contributed by atoms with Crippen molar-refractivity contribution in [3.63, 3.8) is 0 Å². The van der Waals surface area contributed by atoms with E-state index in [1.807, 2.05) is 25.3 Å². The number of aromatic amines is 1. The highest BCUT2D eigenvalue weighted by Gasteiger charge is 2.23. The number of amides is 1. The van der Waals surface area contributed by atoms with Crippen molar-refractivity contribution in [3.8, 4) is 11.4 Å². The van der Waals surface area contributed by atoms with Crippen LogP contribution in [0.2, 0.25) is 0 Å². The molecule has 0 saturated carbocycles. The summed E-state index contributed by atoms with van der Waals surface area (Å²) in [5.74, 6) is 1.04. The van der Waals surface area contributed by atoms with E-state index in [-0.39, 0.29) is 23.8 Å². The monoisotopic (exact) mass is 489 g/mol. The summed E-state index contributed by atoms with van der Waals surface area (Å²) in [5, 5.41) is 14.0. The molecule has 7 nitrogen and oxygen atoms in total. The topological polar surface area (TPSA) is 84.8 Å². The van der Waals surface area contributed by atoms with Gasteiger partial charge in [-0.1, -0.05) is 61.2 Å². The van der Waals surface area contributed by atoms with Gasteiger partial charge in [-0.2, -0.15) is 0 Å². The molecule has 0 radical (unpaired) electrons. The van der Waals surface area contributed by atoms with E-state index >= 15 is 0 Å². The Kier molecular flexibility index (Phi) is 7.20. The Labute approximate surface area is 209 Å². The molecule has 2 aromatic heterocycles. The molecule has 8 heteroatoms. The predicted octanol–water partition coefficient (Wildman–Crippen LogP) is 5.14. The van der Waals surface area contributed by atoms with Gasteiger partial charge in [0.25, 0.3) is 0 Å². The number of carbonyl (C=O) groups is 1. The van der Waals surface area contributed by atoms with Crippen molar-refractivity contribution in [2.24, 2.45) is 0 Å². The third kappa shape index (κ3) is 5.28. The number of hydrogen-bond acceptors (Lipinski definition) is 5. The number of carbonyl (C=O) groups excluding carboxylic acids is 1. The van der Waals surface area contributed by atoms with Crippen LogP contribution in [0.1, 0.15) is 43.9 Å². The molecule has 1 fully saturated rings. The molecule has 2 atom stereocenters. The van der Waals surface area contributed by atoms with Gasteiger partial charge >= 0.3 is 0 Å². The lowest BCUT2D eigenvalue weighted by Crippen LogP contribution is -2.28. The maximum Gasteiger partial charge on any atom is 0.230 e. The fourth-order valence-electron chi connectivity index (χ4n) is 4.55. The lowest BCUT2D eigenvalue weighted by molar-refractivity contribution is -0.119. The van der Waals surface area contributed by atoms with E-state index in [0.717, 1.165) is 58.9 Å². The Morgan fingerprint density at radius 3 is 2.83 bits per heavy atom. The van der Waals surface area contributed by atoms with Gasteiger partial charge in [0.15, 0.2) is 11.0 Å². The third-order valence-electron chi connectivity index (χ3n) is 6.56. The first-order valence-corrected chi connectivity index (χ1v) is 13.2. The van der Waals surface area contributed by atoms with Crippen molar-refractivity contribution in [2.45, 2.75) is 57.0 Å². The molecule has 4 aromatic rings. The molecule has 1 aliphatic heterocycles. The van der Waals surface area contributed by atoms with Crippen LogP contribution in [0.5, 0.6) is 0 Å². The number of benzene rings is 2. The first kappa shape index (κ1) is 23.6. The molecule has 2 aromatic carbocycles. The van der Waals surface area contributed by atoms with E-state index in [4.69, 9.17) is 4.74 Å². The summed E-state index contributed by atoms with van der Waals surface area (Å²) in [6, 6.07) is 16.5. The summed E-state index contributed by atoms with van der Waals surface area (Å²) in [6.45, 7) is 5.61. The average molecular weight is 490 g/mol. The number of aryl methyl sites for hydroxylation is 1. The van der Waals surface area contributed by atoms with E-state index in [0.29, 0.717) is 6.54 Å². The zero-order chi connectivity index (χ0) is 24.2. The highest BCUT2D eigenvalue weighted by molar-refractivity contribution is 7.99. The Morgan fingerprint density at radius 1 is 1.23 bits per heavy atom. The number of hydrogen-bond donors (Lipinski definition) is 2. The standard InChI is InChI=1S/C27H31N5O2S/c1-3-19-10-12-20(13-11-19)18(2)29-25(33)17-35-27-31-30-26(32(27)16-21-7-6-14-34-21)23-15-28-24-9-5-4-8-22(23)24/h4-5,8-13,15,18,21,28H,3,6-7,14,16-17H2,1-2H3,(H,29,33). The van der Waals surface area contributed by atoms with Gasteiger partial charge in [-0.3, -0.25) is 9.36 Å². The third-order valence-corrected chi connectivity index (χ3v) is 7.52. The fourth-order valence-corrected chi connectivity index (χ4v) is 5.31. The maximum absolute atomic E-state index is 12.8. The lowest BCUT2D eigenvalue weighted by Gasteiger charge is -2.16. The second kappa shape index (κ2) is 10.7. The number of ether oxygens (including phenoxy) is 1. The summed E-state index contributed by atoms with van der Waals surface area (Å²) in [7, 11) is 0. The number of fused-ring (bicyclic) bond motifs is 1. The number of nitrogens with one attached hydrogen (secondary N) is 2. The molecule has 2 unspecified atom stereocenters. The van der Waals surface area contributed by atoms with Crippen molar-refractivity contribution in [2.75, 3.05) is 12.4 Å². The SMILES string of the molecule is CCc1ccc(C(C)NC(=O)CSc2nnc(-c3c[nH]c4ccccc34)n2CC2CCCO2)cc1. The molecule has 0 bridgehead atoms. The van der Waals surface area contributed by atoms with E-state index < -0.39 is 0 Å². The molecule has 1 aliphatic rings. The minimum Gasteiger partial charge on any atom is -0.376 e. The number of thioether (sulfide) groups is 1. The summed E-state index contributed by atoms with van der Waals surface area (Å²) < 4.78 is 8.02. The van der Waals surface area contributed by atoms with Gasteiger partial charge in [0.05, 0.1) is 24.4 Å². The second-order valence-corrected chi connectivity index (χ2v) is 9.92. The number of aromatic nitrogens is 4. The first-order chi connectivity index (χ1) is 17.1. The second-order valence-electron chi connectivity index (χ2n) is 8.97. The zero-order valence-electron chi connectivity index (χ0n) is 20.2. The Hall–Kier alpha value is -3.10. The number of rotatable bonds is 9. The minimum atomic E-state index is -0.0550. The van der Waals surface area contributed by atoms with Crippen LogP contribution in [-0.4, -0.2) is 44.1 Å². The summed E-state index contributed by atoms with van der Waals surface area (Å²) in [6.07, 6.45) is 5.20. The molecule has 2 N–H and O–H groups in total. The van der Waals surface area contributed by atoms with Gasteiger partial charge in [-0.25, -0.2) is 0 Å². The van der Waals surface area contributed by atoms with Crippen molar-refractivity contribution >= 4 is 28.6 Å². The molecule has 182 valence electrons. The molecule has 1 amide bonds. The Morgan fingerprint density at radius 2 is 2.06 bits per heavy atom. The Bertz CT molecular complexity index is 1290. The molecule has 0 aliphatic carbocycles. The van der Waals surface area contributed by atoms with Crippen LogP contribution >= 0.6 is 11.8 Å². The van der Waals surface area contributed by atoms with Crippen molar-refractivity contribution < 1.29 is 9.53 Å². The largest absolute Gasteiger partial charge is 0.376 e. The highest BCUT2D eigenvalue weighted by atomic mass is 32.2. The van der Waals surface area contributed by atoms with Gasteiger partial charge in [-0.05, 0) is 43.4 Å². The zero-order valence-corrected chi connectivity index (χ0v) is 21.0. The van der Waals surface area contributed by atoms with Crippen LogP contribution in [-0.2, 0) is 22.5 Å².